The van der Waals surface area contributed by atoms with Crippen LogP contribution in [0.1, 0.15) is 6.92 Å². The lowest BCUT2D eigenvalue weighted by Crippen LogP contribution is -2.57. The van der Waals surface area contributed by atoms with Gasteiger partial charge in [0.15, 0.2) is 0 Å². The van der Waals surface area contributed by atoms with E-state index in [4.69, 9.17) is 4.74 Å². The second-order valence-electron chi connectivity index (χ2n) is 6.28. The first-order chi connectivity index (χ1) is 12.1. The summed E-state index contributed by atoms with van der Waals surface area (Å²) in [4.78, 5) is 34.7. The van der Waals surface area contributed by atoms with E-state index in [0.29, 0.717) is 58.3 Å². The Morgan fingerprint density at radius 2 is 1.80 bits per heavy atom. The third-order valence-corrected chi connectivity index (χ3v) is 4.73. The van der Waals surface area contributed by atoms with Gasteiger partial charge in [-0.2, -0.15) is 0 Å². The number of rotatable bonds is 3. The zero-order valence-corrected chi connectivity index (χ0v) is 14.6. The predicted molar refractivity (Wildman–Crippen MR) is 93.3 cm³/mol. The van der Waals surface area contributed by atoms with E-state index in [2.05, 4.69) is 15.2 Å². The van der Waals surface area contributed by atoms with Crippen LogP contribution in [0.25, 0.3) is 0 Å². The highest BCUT2D eigenvalue weighted by molar-refractivity contribution is 5.88. The first-order valence-electron chi connectivity index (χ1n) is 8.72. The molecule has 0 saturated carbocycles. The molecule has 1 N–H and O–H groups in total. The molecule has 0 unspecified atom stereocenters. The van der Waals surface area contributed by atoms with Crippen molar-refractivity contribution in [2.75, 3.05) is 57.8 Å². The summed E-state index contributed by atoms with van der Waals surface area (Å²) in [6.07, 6.45) is 1.65. The van der Waals surface area contributed by atoms with Crippen LogP contribution in [0.15, 0.2) is 24.4 Å². The molecule has 2 aliphatic rings. The Kier molecular flexibility index (Phi) is 5.83. The van der Waals surface area contributed by atoms with Crippen molar-refractivity contribution in [3.05, 3.63) is 24.4 Å². The molecule has 136 valence electrons. The summed E-state index contributed by atoms with van der Waals surface area (Å²) < 4.78 is 5.30. The number of anilines is 1. The third kappa shape index (κ3) is 4.46. The molecule has 0 bridgehead atoms. The number of nitrogens with one attached hydrogen (secondary N) is 1. The first-order valence-corrected chi connectivity index (χ1v) is 8.72. The number of nitrogens with zero attached hydrogens (tertiary/aromatic N) is 4. The highest BCUT2D eigenvalue weighted by Crippen LogP contribution is 2.12. The average molecular weight is 347 g/mol. The zero-order valence-electron chi connectivity index (χ0n) is 14.6. The highest BCUT2D eigenvalue weighted by atomic mass is 16.5. The highest BCUT2D eigenvalue weighted by Gasteiger charge is 2.30. The van der Waals surface area contributed by atoms with Crippen molar-refractivity contribution in [3.8, 4) is 0 Å². The maximum absolute atomic E-state index is 12.6. The number of ether oxygens (including phenoxy) is 1. The van der Waals surface area contributed by atoms with Gasteiger partial charge in [0.1, 0.15) is 5.82 Å². The Hall–Kier alpha value is -2.19. The summed E-state index contributed by atoms with van der Waals surface area (Å²) in [7, 11) is 0. The van der Waals surface area contributed by atoms with Crippen LogP contribution < -0.4 is 5.32 Å². The molecule has 8 nitrogen and oxygen atoms in total. The Balaban J connectivity index is 1.47. The van der Waals surface area contributed by atoms with Gasteiger partial charge >= 0.3 is 6.03 Å². The Morgan fingerprint density at radius 3 is 2.44 bits per heavy atom. The quantitative estimate of drug-likeness (QED) is 0.860. The van der Waals surface area contributed by atoms with E-state index < -0.39 is 0 Å². The van der Waals surface area contributed by atoms with Gasteiger partial charge in [0.05, 0.1) is 19.3 Å². The van der Waals surface area contributed by atoms with Gasteiger partial charge in [0.25, 0.3) is 0 Å². The summed E-state index contributed by atoms with van der Waals surface area (Å²) in [6, 6.07) is 5.09. The molecular weight excluding hydrogens is 322 g/mol. The molecule has 1 atom stereocenters. The molecule has 8 heteroatoms. The molecule has 2 saturated heterocycles. The smallest absolute Gasteiger partial charge is 0.323 e. The van der Waals surface area contributed by atoms with E-state index in [1.165, 1.54) is 0 Å². The Morgan fingerprint density at radius 1 is 1.08 bits per heavy atom. The molecule has 1 aromatic rings. The lowest BCUT2D eigenvalue weighted by atomic mass is 10.2. The molecule has 2 fully saturated rings. The molecular formula is C17H25N5O3. The Bertz CT molecular complexity index is 583. The summed E-state index contributed by atoms with van der Waals surface area (Å²) in [6.45, 7) is 7.06. The molecule has 3 heterocycles. The fraction of sp³-hybridized carbons (Fsp3) is 0.588. The molecule has 0 aromatic carbocycles. The van der Waals surface area contributed by atoms with Crippen LogP contribution in [-0.4, -0.2) is 90.1 Å². The number of pyridine rings is 1. The van der Waals surface area contributed by atoms with Crippen LogP contribution >= 0.6 is 0 Å². The van der Waals surface area contributed by atoms with Gasteiger partial charge in [-0.15, -0.1) is 0 Å². The summed E-state index contributed by atoms with van der Waals surface area (Å²) in [5.74, 6) is 0.695. The van der Waals surface area contributed by atoms with Gasteiger partial charge in [-0.25, -0.2) is 9.78 Å². The second-order valence-corrected chi connectivity index (χ2v) is 6.28. The minimum Gasteiger partial charge on any atom is -0.378 e. The maximum atomic E-state index is 12.6. The van der Waals surface area contributed by atoms with Crippen molar-refractivity contribution < 1.29 is 14.3 Å². The third-order valence-electron chi connectivity index (χ3n) is 4.73. The summed E-state index contributed by atoms with van der Waals surface area (Å²) in [5, 5.41) is 2.80. The van der Waals surface area contributed by atoms with Gasteiger partial charge in [-0.1, -0.05) is 6.07 Å². The van der Waals surface area contributed by atoms with E-state index in [0.717, 1.165) is 0 Å². The number of carbonyl (C=O) groups is 2. The van der Waals surface area contributed by atoms with Crippen LogP contribution in [-0.2, 0) is 9.53 Å². The first kappa shape index (κ1) is 17.6. The molecule has 0 aliphatic carbocycles. The lowest BCUT2D eigenvalue weighted by molar-refractivity contribution is -0.141. The van der Waals surface area contributed by atoms with E-state index in [1.54, 1.807) is 23.2 Å². The van der Waals surface area contributed by atoms with Crippen molar-refractivity contribution in [2.45, 2.75) is 13.0 Å². The molecule has 2 aliphatic heterocycles. The van der Waals surface area contributed by atoms with Crippen molar-refractivity contribution in [1.29, 1.82) is 0 Å². The lowest BCUT2D eigenvalue weighted by Gasteiger charge is -2.39. The van der Waals surface area contributed by atoms with E-state index in [-0.39, 0.29) is 18.0 Å². The molecule has 1 aromatic heterocycles. The average Bonchev–Trinajstić information content (AvgIpc) is 2.68. The van der Waals surface area contributed by atoms with Crippen LogP contribution in [0.3, 0.4) is 0 Å². The number of piperazine rings is 1. The molecule has 3 amide bonds. The SMILES string of the molecule is C[C@@H](C(=O)N1CCOCC1)N1CCN(C(=O)Nc2ccccn2)CC1. The minimum atomic E-state index is -0.167. The minimum absolute atomic E-state index is 0.148. The number of carbonyl (C=O) groups excluding carboxylic acids is 2. The molecule has 25 heavy (non-hydrogen) atoms. The van der Waals surface area contributed by atoms with Crippen LogP contribution in [0.5, 0.6) is 0 Å². The van der Waals surface area contributed by atoms with E-state index in [1.807, 2.05) is 17.9 Å². The van der Waals surface area contributed by atoms with E-state index in [9.17, 15) is 9.59 Å². The molecule has 0 spiro atoms. The summed E-state index contributed by atoms with van der Waals surface area (Å²) >= 11 is 0. The summed E-state index contributed by atoms with van der Waals surface area (Å²) in [5.41, 5.74) is 0. The number of hydrogen-bond donors (Lipinski definition) is 1. The Labute approximate surface area is 147 Å². The number of amides is 3. The van der Waals surface area contributed by atoms with Gasteiger partial charge in [0.2, 0.25) is 5.91 Å². The topological polar surface area (TPSA) is 78.0 Å². The van der Waals surface area contributed by atoms with Crippen LogP contribution in [0.4, 0.5) is 10.6 Å². The monoisotopic (exact) mass is 347 g/mol. The fourth-order valence-corrected chi connectivity index (χ4v) is 3.14. The van der Waals surface area contributed by atoms with Gasteiger partial charge in [-0.05, 0) is 19.1 Å². The fourth-order valence-electron chi connectivity index (χ4n) is 3.14. The van der Waals surface area contributed by atoms with Gasteiger partial charge in [0, 0.05) is 45.5 Å². The number of urea groups is 1. The molecule has 3 rings (SSSR count). The van der Waals surface area contributed by atoms with Crippen LogP contribution in [0.2, 0.25) is 0 Å². The van der Waals surface area contributed by atoms with Crippen molar-refractivity contribution in [1.82, 2.24) is 19.7 Å². The van der Waals surface area contributed by atoms with Crippen molar-refractivity contribution in [3.63, 3.8) is 0 Å². The predicted octanol–water partition coefficient (Wildman–Crippen LogP) is 0.478. The number of hydrogen-bond acceptors (Lipinski definition) is 5. The van der Waals surface area contributed by atoms with Crippen molar-refractivity contribution in [2.24, 2.45) is 0 Å². The van der Waals surface area contributed by atoms with Crippen LogP contribution in [0, 0.1) is 0 Å². The number of aromatic nitrogens is 1. The second kappa shape index (κ2) is 8.26. The standard InChI is InChI=1S/C17H25N5O3/c1-14(16(23)21-10-12-25-13-11-21)20-6-8-22(9-7-20)17(24)19-15-4-2-3-5-18-15/h2-5,14H,6-13H2,1H3,(H,18,19,24)/t14-/m0/s1. The molecule has 0 radical (unpaired) electrons. The largest absolute Gasteiger partial charge is 0.378 e. The number of morpholine rings is 1. The van der Waals surface area contributed by atoms with Gasteiger partial charge < -0.3 is 14.5 Å². The normalized spacial score (nSPS) is 20.2. The van der Waals surface area contributed by atoms with E-state index >= 15 is 0 Å². The zero-order chi connectivity index (χ0) is 17.6. The van der Waals surface area contributed by atoms with Crippen molar-refractivity contribution >= 4 is 17.8 Å². The van der Waals surface area contributed by atoms with Gasteiger partial charge in [-0.3, -0.25) is 15.0 Å². The maximum Gasteiger partial charge on any atom is 0.323 e.